The van der Waals surface area contributed by atoms with Gasteiger partial charge in [0, 0.05) is 38.2 Å². The third kappa shape index (κ3) is 7.39. The van der Waals surface area contributed by atoms with Gasteiger partial charge in [-0.3, -0.25) is 4.90 Å². The predicted molar refractivity (Wildman–Crippen MR) is 119 cm³/mol. The van der Waals surface area contributed by atoms with Crippen LogP contribution in [0.3, 0.4) is 0 Å². The van der Waals surface area contributed by atoms with E-state index >= 15 is 0 Å². The van der Waals surface area contributed by atoms with Gasteiger partial charge in [0.2, 0.25) is 0 Å². The Hall–Kier alpha value is -1.38. The molecule has 7 nitrogen and oxygen atoms in total. The molecule has 0 bridgehead atoms. The largest absolute Gasteiger partial charge is 0.466 e. The number of methoxy groups -OCH3 is 1. The number of amides is 1. The lowest BCUT2D eigenvalue weighted by molar-refractivity contribution is -0.137. The monoisotopic (exact) mass is 486 g/mol. The number of carbonyl (C=O) groups excluding carboxylic acids is 2. The number of hydrogen-bond acceptors (Lipinski definition) is 6. The molecule has 1 heterocycles. The average molecular weight is 487 g/mol. The van der Waals surface area contributed by atoms with Gasteiger partial charge in [-0.05, 0) is 50.6 Å². The van der Waals surface area contributed by atoms with Crippen LogP contribution >= 0.6 is 15.9 Å². The molecule has 2 rings (SSSR count). The summed E-state index contributed by atoms with van der Waals surface area (Å²) in [5.41, 5.74) is 0.222. The lowest BCUT2D eigenvalue weighted by Crippen LogP contribution is -2.49. The zero-order valence-electron chi connectivity index (χ0n) is 18.7. The zero-order chi connectivity index (χ0) is 22.3. The number of halogens is 1. The van der Waals surface area contributed by atoms with E-state index in [0.717, 1.165) is 36.8 Å². The molecule has 1 amide bonds. The van der Waals surface area contributed by atoms with Gasteiger partial charge in [-0.2, -0.15) is 0 Å². The number of ether oxygens (including phenoxy) is 3. The molecule has 30 heavy (non-hydrogen) atoms. The number of alkyl carbamates (subject to hydrolysis) is 1. The molecule has 0 saturated carbocycles. The Labute approximate surface area is 188 Å². The van der Waals surface area contributed by atoms with Crippen LogP contribution < -0.4 is 5.32 Å². The highest BCUT2D eigenvalue weighted by Crippen LogP contribution is 2.35. The highest BCUT2D eigenvalue weighted by molar-refractivity contribution is 9.11. The van der Waals surface area contributed by atoms with Gasteiger partial charge in [-0.1, -0.05) is 28.9 Å². The number of allylic oxidation sites excluding steroid dienone is 2. The van der Waals surface area contributed by atoms with Crippen LogP contribution in [0.2, 0.25) is 0 Å². The summed E-state index contributed by atoms with van der Waals surface area (Å²) in [6.07, 6.45) is 6.18. The second kappa shape index (κ2) is 11.3. The van der Waals surface area contributed by atoms with E-state index in [2.05, 4.69) is 33.1 Å². The number of carbonyl (C=O) groups is 2. The highest BCUT2D eigenvalue weighted by Gasteiger charge is 2.37. The SMILES string of the molecule is COC(=O)C1=CC=C(Br)[C@H](C)C1N1CCC(OCCCNC(=O)OC(C)(C)C)CC1. The molecular weight excluding hydrogens is 452 g/mol. The summed E-state index contributed by atoms with van der Waals surface area (Å²) in [6.45, 7) is 10.5. The molecule has 0 aromatic heterocycles. The van der Waals surface area contributed by atoms with Crippen molar-refractivity contribution in [3.05, 3.63) is 22.2 Å². The molecule has 1 N–H and O–H groups in total. The molecule has 1 unspecified atom stereocenters. The molecule has 0 aromatic carbocycles. The minimum atomic E-state index is -0.487. The van der Waals surface area contributed by atoms with Crippen LogP contribution in [0.25, 0.3) is 0 Å². The molecule has 2 atom stereocenters. The topological polar surface area (TPSA) is 77.1 Å². The minimum absolute atomic E-state index is 0.0100. The van der Waals surface area contributed by atoms with Crippen molar-refractivity contribution >= 4 is 28.0 Å². The molecule has 0 radical (unpaired) electrons. The molecule has 8 heteroatoms. The quantitative estimate of drug-likeness (QED) is 0.435. The maximum Gasteiger partial charge on any atom is 0.407 e. The van der Waals surface area contributed by atoms with E-state index in [9.17, 15) is 9.59 Å². The number of nitrogens with zero attached hydrogens (tertiary/aromatic N) is 1. The number of esters is 1. The minimum Gasteiger partial charge on any atom is -0.466 e. The molecule has 1 fully saturated rings. The van der Waals surface area contributed by atoms with Crippen LogP contribution in [-0.4, -0.2) is 68.1 Å². The molecule has 1 saturated heterocycles. The van der Waals surface area contributed by atoms with Gasteiger partial charge in [-0.15, -0.1) is 0 Å². The van der Waals surface area contributed by atoms with Crippen LogP contribution in [0.4, 0.5) is 4.79 Å². The van der Waals surface area contributed by atoms with Crippen molar-refractivity contribution in [3.63, 3.8) is 0 Å². The van der Waals surface area contributed by atoms with Crippen LogP contribution in [0.5, 0.6) is 0 Å². The normalized spacial score (nSPS) is 23.4. The van der Waals surface area contributed by atoms with E-state index < -0.39 is 11.7 Å². The van der Waals surface area contributed by atoms with Gasteiger partial charge in [0.1, 0.15) is 5.60 Å². The van der Waals surface area contributed by atoms with Crippen molar-refractivity contribution in [2.24, 2.45) is 5.92 Å². The lowest BCUT2D eigenvalue weighted by atomic mass is 9.87. The fourth-order valence-electron chi connectivity index (χ4n) is 3.81. The van der Waals surface area contributed by atoms with Crippen molar-refractivity contribution in [1.82, 2.24) is 10.2 Å². The Morgan fingerprint density at radius 1 is 1.23 bits per heavy atom. The first-order chi connectivity index (χ1) is 14.1. The summed E-state index contributed by atoms with van der Waals surface area (Å²) >= 11 is 3.62. The number of hydrogen-bond donors (Lipinski definition) is 1. The first-order valence-corrected chi connectivity index (χ1v) is 11.4. The van der Waals surface area contributed by atoms with E-state index in [1.807, 2.05) is 32.9 Å². The average Bonchev–Trinajstić information content (AvgIpc) is 2.68. The van der Waals surface area contributed by atoms with Crippen molar-refractivity contribution < 1.29 is 23.8 Å². The van der Waals surface area contributed by atoms with Crippen molar-refractivity contribution in [2.45, 2.75) is 64.7 Å². The summed E-state index contributed by atoms with van der Waals surface area (Å²) in [5.74, 6) is -0.0699. The van der Waals surface area contributed by atoms with Gasteiger partial charge in [0.05, 0.1) is 18.8 Å². The maximum atomic E-state index is 12.2. The number of nitrogens with one attached hydrogen (secondary N) is 1. The second-order valence-corrected chi connectivity index (χ2v) is 9.70. The predicted octanol–water partition coefficient (Wildman–Crippen LogP) is 3.78. The van der Waals surface area contributed by atoms with Crippen LogP contribution in [0, 0.1) is 5.92 Å². The van der Waals surface area contributed by atoms with Crippen LogP contribution in [0.1, 0.15) is 47.0 Å². The summed E-state index contributed by atoms with van der Waals surface area (Å²) in [7, 11) is 1.43. The molecular formula is C22H35BrN2O5. The molecule has 0 spiro atoms. The van der Waals surface area contributed by atoms with E-state index in [-0.39, 0.29) is 24.0 Å². The number of piperidine rings is 1. The maximum absolute atomic E-state index is 12.2. The Balaban J connectivity index is 1.73. The first kappa shape index (κ1) is 24.9. The van der Waals surface area contributed by atoms with Gasteiger partial charge >= 0.3 is 12.1 Å². The first-order valence-electron chi connectivity index (χ1n) is 10.6. The van der Waals surface area contributed by atoms with E-state index in [0.29, 0.717) is 18.7 Å². The molecule has 170 valence electrons. The van der Waals surface area contributed by atoms with Crippen molar-refractivity contribution in [3.8, 4) is 0 Å². The molecule has 1 aliphatic carbocycles. The van der Waals surface area contributed by atoms with E-state index in [4.69, 9.17) is 14.2 Å². The standard InChI is InChI=1S/C22H35BrN2O5/c1-15-18(23)8-7-17(20(26)28-5)19(15)25-12-9-16(10-13-25)29-14-6-11-24-21(27)30-22(2,3)4/h7-8,15-16,19H,6,9-14H2,1-5H3,(H,24,27)/t15-,19?/m0/s1. The van der Waals surface area contributed by atoms with Crippen LogP contribution in [0.15, 0.2) is 22.2 Å². The number of rotatable bonds is 7. The third-order valence-electron chi connectivity index (χ3n) is 5.28. The second-order valence-electron chi connectivity index (χ2n) is 8.79. The smallest absolute Gasteiger partial charge is 0.407 e. The van der Waals surface area contributed by atoms with Gasteiger partial charge < -0.3 is 19.5 Å². The van der Waals surface area contributed by atoms with Crippen molar-refractivity contribution in [1.29, 1.82) is 0 Å². The van der Waals surface area contributed by atoms with Crippen molar-refractivity contribution in [2.75, 3.05) is 33.4 Å². The van der Waals surface area contributed by atoms with Gasteiger partial charge in [0.15, 0.2) is 0 Å². The highest BCUT2D eigenvalue weighted by atomic mass is 79.9. The van der Waals surface area contributed by atoms with E-state index in [1.165, 1.54) is 7.11 Å². The summed E-state index contributed by atoms with van der Waals surface area (Å²) in [5, 5.41) is 2.75. The Morgan fingerprint density at radius 3 is 2.50 bits per heavy atom. The van der Waals surface area contributed by atoms with E-state index in [1.54, 1.807) is 0 Å². The Kier molecular flexibility index (Phi) is 9.37. The number of likely N-dealkylation sites (tertiary alicyclic amines) is 1. The molecule has 1 aliphatic heterocycles. The third-order valence-corrected chi connectivity index (χ3v) is 6.27. The summed E-state index contributed by atoms with van der Waals surface area (Å²) in [6, 6.07) is 0.0100. The fourth-order valence-corrected chi connectivity index (χ4v) is 4.19. The van der Waals surface area contributed by atoms with Crippen LogP contribution in [-0.2, 0) is 19.0 Å². The zero-order valence-corrected chi connectivity index (χ0v) is 20.3. The van der Waals surface area contributed by atoms with Gasteiger partial charge in [-0.25, -0.2) is 9.59 Å². The molecule has 2 aliphatic rings. The van der Waals surface area contributed by atoms with Gasteiger partial charge in [0.25, 0.3) is 0 Å². The molecule has 0 aromatic rings. The Morgan fingerprint density at radius 2 is 1.90 bits per heavy atom. The summed E-state index contributed by atoms with van der Waals surface area (Å²) in [4.78, 5) is 26.2. The lowest BCUT2D eigenvalue weighted by Gasteiger charge is -2.41. The fraction of sp³-hybridized carbons (Fsp3) is 0.727. The Bertz CT molecular complexity index is 663. The summed E-state index contributed by atoms with van der Waals surface area (Å²) < 4.78 is 17.3.